The SMILES string of the molecule is Cc1cc(C)c(C2C(C#N)=C(N)N(c3cccc(F)c3)C3=C2C(=O)CC(C)(C)C3)cc1CSc1ccccc1C. The van der Waals surface area contributed by atoms with E-state index < -0.39 is 11.7 Å². The summed E-state index contributed by atoms with van der Waals surface area (Å²) in [6, 6.07) is 21.1. The van der Waals surface area contributed by atoms with Crippen molar-refractivity contribution in [1.82, 2.24) is 0 Å². The number of hydrogen-bond acceptors (Lipinski definition) is 5. The summed E-state index contributed by atoms with van der Waals surface area (Å²) >= 11 is 1.78. The van der Waals surface area contributed by atoms with Crippen molar-refractivity contribution in [3.63, 3.8) is 0 Å². The van der Waals surface area contributed by atoms with Gasteiger partial charge in [0.1, 0.15) is 11.6 Å². The van der Waals surface area contributed by atoms with Gasteiger partial charge in [0, 0.05) is 28.3 Å². The number of nitrogens with two attached hydrogens (primary N) is 1. The molecule has 2 N–H and O–H groups in total. The number of aryl methyl sites for hydroxylation is 3. The molecule has 1 aliphatic heterocycles. The van der Waals surface area contributed by atoms with Gasteiger partial charge >= 0.3 is 0 Å². The van der Waals surface area contributed by atoms with E-state index >= 15 is 0 Å². The normalized spacial score (nSPS) is 18.6. The zero-order valence-corrected chi connectivity index (χ0v) is 24.5. The molecule has 1 unspecified atom stereocenters. The number of carbonyl (C=O) groups excluding carboxylic acids is 1. The number of thioether (sulfide) groups is 1. The standard InChI is InChI=1S/C34H34FN3OS/c1-20-9-6-7-12-30(20)40-19-23-14-26(22(3)13-21(23)2)31-27(18-36)33(37)38(25-11-8-10-24(35)15-25)28-16-34(4,5)17-29(39)32(28)31/h6-15,31H,16-17,19,37H2,1-5H3. The van der Waals surface area contributed by atoms with Crippen LogP contribution < -0.4 is 10.6 Å². The summed E-state index contributed by atoms with van der Waals surface area (Å²) in [4.78, 5) is 16.9. The molecule has 1 atom stereocenters. The topological polar surface area (TPSA) is 70.1 Å². The lowest BCUT2D eigenvalue weighted by Gasteiger charge is -2.44. The number of rotatable bonds is 5. The first kappa shape index (κ1) is 27.7. The molecule has 204 valence electrons. The quantitative estimate of drug-likeness (QED) is 0.326. The van der Waals surface area contributed by atoms with Crippen LogP contribution in [0.4, 0.5) is 10.1 Å². The van der Waals surface area contributed by atoms with Crippen molar-refractivity contribution in [2.45, 2.75) is 64.0 Å². The third-order valence-corrected chi connectivity index (χ3v) is 9.18. The van der Waals surface area contributed by atoms with Crippen LogP contribution in [0.5, 0.6) is 0 Å². The lowest BCUT2D eigenvalue weighted by molar-refractivity contribution is -0.118. The number of anilines is 1. The second-order valence-electron chi connectivity index (χ2n) is 11.6. The minimum Gasteiger partial charge on any atom is -0.384 e. The predicted octanol–water partition coefficient (Wildman–Crippen LogP) is 7.98. The van der Waals surface area contributed by atoms with Crippen molar-refractivity contribution in [1.29, 1.82) is 5.26 Å². The van der Waals surface area contributed by atoms with Gasteiger partial charge in [-0.25, -0.2) is 4.39 Å². The molecule has 1 aliphatic carbocycles. The zero-order chi connectivity index (χ0) is 28.8. The fourth-order valence-corrected chi connectivity index (χ4v) is 7.08. The number of ketones is 1. The van der Waals surface area contributed by atoms with Crippen LogP contribution in [-0.2, 0) is 10.5 Å². The molecular weight excluding hydrogens is 517 g/mol. The second-order valence-corrected chi connectivity index (χ2v) is 12.7. The Balaban J connectivity index is 1.67. The van der Waals surface area contributed by atoms with Crippen molar-refractivity contribution in [2.24, 2.45) is 11.1 Å². The molecule has 1 heterocycles. The van der Waals surface area contributed by atoms with Crippen LogP contribution in [0.25, 0.3) is 0 Å². The van der Waals surface area contributed by atoms with Gasteiger partial charge in [0.15, 0.2) is 5.78 Å². The highest BCUT2D eigenvalue weighted by Gasteiger charge is 2.45. The van der Waals surface area contributed by atoms with Gasteiger partial charge in [-0.2, -0.15) is 5.26 Å². The van der Waals surface area contributed by atoms with Gasteiger partial charge in [-0.3, -0.25) is 9.69 Å². The first-order valence-electron chi connectivity index (χ1n) is 13.5. The van der Waals surface area contributed by atoms with Gasteiger partial charge in [0.2, 0.25) is 0 Å². The Bertz CT molecular complexity index is 1630. The molecular formula is C34H34FN3OS. The Hall–Kier alpha value is -3.82. The minimum absolute atomic E-state index is 0.00807. The molecule has 3 aromatic carbocycles. The van der Waals surface area contributed by atoms with E-state index in [2.05, 4.69) is 58.0 Å². The number of hydrogen-bond donors (Lipinski definition) is 1. The van der Waals surface area contributed by atoms with Crippen LogP contribution in [0, 0.1) is 43.3 Å². The van der Waals surface area contributed by atoms with Crippen molar-refractivity contribution >= 4 is 23.2 Å². The van der Waals surface area contributed by atoms with E-state index in [9.17, 15) is 14.4 Å². The molecule has 0 spiro atoms. The average Bonchev–Trinajstić information content (AvgIpc) is 2.88. The fraction of sp³-hybridized carbons (Fsp3) is 0.294. The van der Waals surface area contributed by atoms with E-state index in [1.165, 1.54) is 28.2 Å². The summed E-state index contributed by atoms with van der Waals surface area (Å²) in [6.07, 6.45) is 0.959. The summed E-state index contributed by atoms with van der Waals surface area (Å²) in [5, 5.41) is 10.5. The van der Waals surface area contributed by atoms with Crippen LogP contribution in [-0.4, -0.2) is 5.78 Å². The highest BCUT2D eigenvalue weighted by atomic mass is 32.2. The van der Waals surface area contributed by atoms with E-state index in [0.29, 0.717) is 29.7 Å². The van der Waals surface area contributed by atoms with Crippen molar-refractivity contribution in [2.75, 3.05) is 4.90 Å². The lowest BCUT2D eigenvalue weighted by atomic mass is 9.68. The van der Waals surface area contributed by atoms with E-state index in [1.54, 1.807) is 28.8 Å². The summed E-state index contributed by atoms with van der Waals surface area (Å²) in [5.41, 5.74) is 14.1. The predicted molar refractivity (Wildman–Crippen MR) is 160 cm³/mol. The molecule has 40 heavy (non-hydrogen) atoms. The summed E-state index contributed by atoms with van der Waals surface area (Å²) < 4.78 is 14.3. The number of allylic oxidation sites excluding steroid dienone is 3. The smallest absolute Gasteiger partial charge is 0.162 e. The maximum atomic E-state index is 14.3. The lowest BCUT2D eigenvalue weighted by Crippen LogP contribution is -2.42. The molecule has 4 nitrogen and oxygen atoms in total. The third kappa shape index (κ3) is 5.07. The molecule has 0 saturated heterocycles. The van der Waals surface area contributed by atoms with Crippen LogP contribution in [0.1, 0.15) is 60.4 Å². The first-order valence-corrected chi connectivity index (χ1v) is 14.5. The van der Waals surface area contributed by atoms with Gasteiger partial charge in [-0.05, 0) is 84.7 Å². The van der Waals surface area contributed by atoms with Gasteiger partial charge in [-0.1, -0.05) is 50.2 Å². The van der Waals surface area contributed by atoms with Crippen molar-refractivity contribution in [3.05, 3.63) is 117 Å². The van der Waals surface area contributed by atoms with Crippen LogP contribution in [0.15, 0.2) is 88.2 Å². The molecule has 2 aliphatic rings. The Labute approximate surface area is 240 Å². The van der Waals surface area contributed by atoms with Gasteiger partial charge in [0.05, 0.1) is 23.2 Å². The summed E-state index contributed by atoms with van der Waals surface area (Å²) in [7, 11) is 0. The number of halogens is 1. The molecule has 0 bridgehead atoms. The van der Waals surface area contributed by atoms with E-state index in [4.69, 9.17) is 5.73 Å². The van der Waals surface area contributed by atoms with Crippen molar-refractivity contribution < 1.29 is 9.18 Å². The molecule has 0 amide bonds. The number of benzene rings is 3. The van der Waals surface area contributed by atoms with Crippen molar-refractivity contribution in [3.8, 4) is 6.07 Å². The fourth-order valence-electron chi connectivity index (χ4n) is 5.99. The minimum atomic E-state index is -0.573. The van der Waals surface area contributed by atoms with Gasteiger partial charge < -0.3 is 5.73 Å². The maximum Gasteiger partial charge on any atom is 0.162 e. The highest BCUT2D eigenvalue weighted by molar-refractivity contribution is 7.98. The number of nitriles is 1. The van der Waals surface area contributed by atoms with Crippen LogP contribution >= 0.6 is 11.8 Å². The van der Waals surface area contributed by atoms with Gasteiger partial charge in [0.25, 0.3) is 0 Å². The molecule has 3 aromatic rings. The van der Waals surface area contributed by atoms with Crippen LogP contribution in [0.2, 0.25) is 0 Å². The highest BCUT2D eigenvalue weighted by Crippen LogP contribution is 2.51. The van der Waals surface area contributed by atoms with E-state index in [-0.39, 0.29) is 17.0 Å². The molecule has 0 saturated carbocycles. The first-order chi connectivity index (χ1) is 19.0. The molecule has 5 rings (SSSR count). The Kier molecular flexibility index (Phi) is 7.37. The largest absolute Gasteiger partial charge is 0.384 e. The number of carbonyl (C=O) groups is 1. The third-order valence-electron chi connectivity index (χ3n) is 7.96. The van der Waals surface area contributed by atoms with E-state index in [0.717, 1.165) is 28.1 Å². The Morgan fingerprint density at radius 3 is 2.48 bits per heavy atom. The van der Waals surface area contributed by atoms with E-state index in [1.807, 2.05) is 19.1 Å². The average molecular weight is 552 g/mol. The summed E-state index contributed by atoms with van der Waals surface area (Å²) in [5.74, 6) is 0.0443. The molecule has 0 fully saturated rings. The number of nitrogens with zero attached hydrogens (tertiary/aromatic N) is 2. The molecule has 6 heteroatoms. The zero-order valence-electron chi connectivity index (χ0n) is 23.6. The summed E-state index contributed by atoms with van der Waals surface area (Å²) in [6.45, 7) is 10.4. The molecule has 0 aromatic heterocycles. The maximum absolute atomic E-state index is 14.3. The van der Waals surface area contributed by atoms with Gasteiger partial charge in [-0.15, -0.1) is 11.8 Å². The Morgan fingerprint density at radius 1 is 1.02 bits per heavy atom. The monoisotopic (exact) mass is 551 g/mol. The Morgan fingerprint density at radius 2 is 1.77 bits per heavy atom. The number of Topliss-reactive ketones (excluding diaryl/α,β-unsaturated/α-hetero) is 1. The molecule has 0 radical (unpaired) electrons. The second kappa shape index (κ2) is 10.6. The van der Waals surface area contributed by atoms with Crippen LogP contribution in [0.3, 0.4) is 0 Å².